The van der Waals surface area contributed by atoms with E-state index in [1.807, 2.05) is 24.3 Å². The summed E-state index contributed by atoms with van der Waals surface area (Å²) >= 11 is 3.36. The van der Waals surface area contributed by atoms with Crippen LogP contribution in [0.1, 0.15) is 12.8 Å². The predicted molar refractivity (Wildman–Crippen MR) is 65.7 cm³/mol. The first-order valence-electron chi connectivity index (χ1n) is 4.62. The van der Waals surface area contributed by atoms with Gasteiger partial charge in [0.25, 0.3) is 0 Å². The third-order valence-corrected chi connectivity index (χ3v) is 2.50. The Morgan fingerprint density at radius 3 is 2.93 bits per heavy atom. The van der Waals surface area contributed by atoms with Crippen LogP contribution in [0, 0.1) is 0 Å². The molecule has 1 N–H and O–H groups in total. The second kappa shape index (κ2) is 6.23. The van der Waals surface area contributed by atoms with Crippen LogP contribution < -0.4 is 5.32 Å². The van der Waals surface area contributed by atoms with Gasteiger partial charge in [-0.2, -0.15) is 0 Å². The molecule has 0 aliphatic rings. The number of carbonyl (C=O) groups excluding carboxylic acids is 1. The highest BCUT2D eigenvalue weighted by Crippen LogP contribution is 2.21. The summed E-state index contributed by atoms with van der Waals surface area (Å²) < 4.78 is 0.887. The molecule has 0 aromatic heterocycles. The maximum Gasteiger partial charge on any atom is 0.224 e. The van der Waals surface area contributed by atoms with Gasteiger partial charge in [0, 0.05) is 10.9 Å². The fourth-order valence-corrected chi connectivity index (χ4v) is 1.46. The lowest BCUT2D eigenvalue weighted by molar-refractivity contribution is -0.116. The van der Waals surface area contributed by atoms with Crippen molar-refractivity contribution in [3.63, 3.8) is 0 Å². The minimum atomic E-state index is -0.00611. The van der Waals surface area contributed by atoms with Gasteiger partial charge in [0.15, 0.2) is 0 Å². The monoisotopic (exact) mass is 265 g/mol. The number of anilines is 1. The molecule has 2 nitrogen and oxygen atoms in total. The molecule has 0 unspecified atom stereocenters. The molecule has 3 heteroatoms. The van der Waals surface area contributed by atoms with Crippen molar-refractivity contribution in [2.75, 3.05) is 5.32 Å². The van der Waals surface area contributed by atoms with Crippen LogP contribution in [-0.2, 0) is 4.79 Å². The van der Waals surface area contributed by atoms with E-state index >= 15 is 0 Å². The number of amides is 1. The largest absolute Gasteiger partial charge is 0.325 e. The van der Waals surface area contributed by atoms with Crippen molar-refractivity contribution in [3.05, 3.63) is 47.1 Å². The Hall–Kier alpha value is -1.31. The van der Waals surface area contributed by atoms with Gasteiger partial charge in [0.2, 0.25) is 5.91 Å². The van der Waals surface area contributed by atoms with Gasteiger partial charge in [0.1, 0.15) is 0 Å². The van der Waals surface area contributed by atoms with E-state index in [9.17, 15) is 4.79 Å². The lowest BCUT2D eigenvalue weighted by Crippen LogP contribution is -2.10. The molecule has 0 radical (unpaired) electrons. The Morgan fingerprint density at radius 1 is 1.53 bits per heavy atom. The topological polar surface area (TPSA) is 29.1 Å². The van der Waals surface area contributed by atoms with E-state index in [0.717, 1.165) is 10.2 Å². The minimum Gasteiger partial charge on any atom is -0.325 e. The third-order valence-electron chi connectivity index (χ3n) is 1.81. The Balaban J connectivity index is 2.51. The highest BCUT2D eigenvalue weighted by molar-refractivity contribution is 9.10. The molecule has 0 atom stereocenters. The van der Waals surface area contributed by atoms with Gasteiger partial charge in [-0.05, 0) is 40.6 Å². The number of rotatable bonds is 4. The summed E-state index contributed by atoms with van der Waals surface area (Å²) in [6, 6.07) is 7.52. The molecule has 1 aromatic carbocycles. The molecule has 1 amide bonds. The van der Waals surface area contributed by atoms with Crippen molar-refractivity contribution in [2.24, 2.45) is 0 Å². The minimum absolute atomic E-state index is 0.00611. The molecule has 0 heterocycles. The summed E-state index contributed by atoms with van der Waals surface area (Å²) in [4.78, 5) is 11.4. The van der Waals surface area contributed by atoms with Crippen LogP contribution in [-0.4, -0.2) is 5.91 Å². The number of hydrogen-bond acceptors (Lipinski definition) is 1. The van der Waals surface area contributed by atoms with Crippen molar-refractivity contribution >= 4 is 27.5 Å². The zero-order chi connectivity index (χ0) is 11.1. The SMILES string of the molecule is C=C=CCCC(=O)Nc1ccccc1Br. The Kier molecular flexibility index (Phi) is 4.88. The van der Waals surface area contributed by atoms with Crippen LogP contribution in [0.25, 0.3) is 0 Å². The molecular weight excluding hydrogens is 254 g/mol. The van der Waals surface area contributed by atoms with Crippen molar-refractivity contribution < 1.29 is 4.79 Å². The van der Waals surface area contributed by atoms with Gasteiger partial charge >= 0.3 is 0 Å². The molecule has 1 aromatic rings. The van der Waals surface area contributed by atoms with Crippen LogP contribution >= 0.6 is 15.9 Å². The number of para-hydroxylation sites is 1. The van der Waals surface area contributed by atoms with Crippen LogP contribution in [0.4, 0.5) is 5.69 Å². The maximum absolute atomic E-state index is 11.4. The number of hydrogen-bond donors (Lipinski definition) is 1. The molecule has 0 spiro atoms. The standard InChI is InChI=1S/C12H12BrNO/c1-2-3-4-9-12(15)14-11-8-6-5-7-10(11)13/h3,5-8H,1,4,9H2,(H,14,15). The summed E-state index contributed by atoms with van der Waals surface area (Å²) in [5.41, 5.74) is 3.43. The van der Waals surface area contributed by atoms with E-state index in [4.69, 9.17) is 0 Å². The first kappa shape index (κ1) is 11.8. The zero-order valence-electron chi connectivity index (χ0n) is 8.29. The number of halogens is 1. The number of benzene rings is 1. The number of nitrogens with one attached hydrogen (secondary N) is 1. The van der Waals surface area contributed by atoms with Gasteiger partial charge < -0.3 is 5.32 Å². The van der Waals surface area contributed by atoms with Crippen LogP contribution in [0.3, 0.4) is 0 Å². The summed E-state index contributed by atoms with van der Waals surface area (Å²) in [6.07, 6.45) is 2.86. The molecule has 15 heavy (non-hydrogen) atoms. The van der Waals surface area contributed by atoms with Crippen LogP contribution in [0.2, 0.25) is 0 Å². The fourth-order valence-electron chi connectivity index (χ4n) is 1.08. The molecule has 0 aliphatic heterocycles. The van der Waals surface area contributed by atoms with Crippen LogP contribution in [0.15, 0.2) is 47.1 Å². The normalized spacial score (nSPS) is 9.13. The van der Waals surface area contributed by atoms with Crippen molar-refractivity contribution in [2.45, 2.75) is 12.8 Å². The predicted octanol–water partition coefficient (Wildman–Crippen LogP) is 3.51. The Morgan fingerprint density at radius 2 is 2.27 bits per heavy atom. The number of allylic oxidation sites excluding steroid dienone is 1. The van der Waals surface area contributed by atoms with Crippen LogP contribution in [0.5, 0.6) is 0 Å². The third kappa shape index (κ3) is 4.15. The molecular formula is C12H12BrNO. The van der Waals surface area contributed by atoms with E-state index in [0.29, 0.717) is 12.8 Å². The number of carbonyl (C=O) groups is 1. The van der Waals surface area contributed by atoms with E-state index in [1.54, 1.807) is 6.08 Å². The average molecular weight is 266 g/mol. The first-order valence-corrected chi connectivity index (χ1v) is 5.42. The van der Waals surface area contributed by atoms with Crippen molar-refractivity contribution in [1.82, 2.24) is 0 Å². The quantitative estimate of drug-likeness (QED) is 0.830. The molecule has 0 saturated heterocycles. The smallest absolute Gasteiger partial charge is 0.224 e. The highest BCUT2D eigenvalue weighted by atomic mass is 79.9. The lowest BCUT2D eigenvalue weighted by Gasteiger charge is -2.05. The molecule has 78 valence electrons. The molecule has 0 bridgehead atoms. The summed E-state index contributed by atoms with van der Waals surface area (Å²) in [5, 5.41) is 2.82. The Bertz CT molecular complexity index is 394. The molecule has 0 aliphatic carbocycles. The van der Waals surface area contributed by atoms with Gasteiger partial charge in [-0.25, -0.2) is 0 Å². The molecule has 0 fully saturated rings. The Labute approximate surface area is 97.8 Å². The van der Waals surface area contributed by atoms with E-state index in [2.05, 4.69) is 33.6 Å². The second-order valence-electron chi connectivity index (χ2n) is 2.97. The highest BCUT2D eigenvalue weighted by Gasteiger charge is 2.03. The fraction of sp³-hybridized carbons (Fsp3) is 0.167. The van der Waals surface area contributed by atoms with Gasteiger partial charge in [-0.3, -0.25) is 4.79 Å². The van der Waals surface area contributed by atoms with Crippen molar-refractivity contribution in [3.8, 4) is 0 Å². The average Bonchev–Trinajstić information content (AvgIpc) is 2.22. The van der Waals surface area contributed by atoms with Gasteiger partial charge in [0.05, 0.1) is 5.69 Å². The summed E-state index contributed by atoms with van der Waals surface area (Å²) in [7, 11) is 0. The van der Waals surface area contributed by atoms with Gasteiger partial charge in [-0.1, -0.05) is 18.7 Å². The van der Waals surface area contributed by atoms with E-state index in [-0.39, 0.29) is 5.91 Å². The summed E-state index contributed by atoms with van der Waals surface area (Å²) in [5.74, 6) is -0.00611. The van der Waals surface area contributed by atoms with E-state index < -0.39 is 0 Å². The molecule has 1 rings (SSSR count). The first-order chi connectivity index (χ1) is 7.24. The molecule has 0 saturated carbocycles. The summed E-state index contributed by atoms with van der Waals surface area (Å²) in [6.45, 7) is 3.44. The maximum atomic E-state index is 11.4. The van der Waals surface area contributed by atoms with Crippen molar-refractivity contribution in [1.29, 1.82) is 0 Å². The second-order valence-corrected chi connectivity index (χ2v) is 3.83. The van der Waals surface area contributed by atoms with E-state index in [1.165, 1.54) is 0 Å². The van der Waals surface area contributed by atoms with Gasteiger partial charge in [-0.15, -0.1) is 5.73 Å². The lowest BCUT2D eigenvalue weighted by atomic mass is 10.2. The zero-order valence-corrected chi connectivity index (χ0v) is 9.88.